The van der Waals surface area contributed by atoms with Crippen LogP contribution in [0.3, 0.4) is 0 Å². The fourth-order valence-electron chi connectivity index (χ4n) is 2.24. The van der Waals surface area contributed by atoms with E-state index in [1.807, 2.05) is 6.07 Å². The lowest BCUT2D eigenvalue weighted by Gasteiger charge is -2.21. The predicted octanol–water partition coefficient (Wildman–Crippen LogP) is 2.36. The van der Waals surface area contributed by atoms with Crippen LogP contribution >= 0.6 is 0 Å². The minimum absolute atomic E-state index is 0.508. The molecule has 1 aliphatic heterocycles. The van der Waals surface area contributed by atoms with Gasteiger partial charge >= 0.3 is 0 Å². The zero-order chi connectivity index (χ0) is 14.2. The van der Waals surface area contributed by atoms with Crippen LogP contribution in [-0.2, 0) is 22.6 Å². The number of hydrogen-bond donors (Lipinski definition) is 1. The average Bonchev–Trinajstić information content (AvgIpc) is 2.87. The summed E-state index contributed by atoms with van der Waals surface area (Å²) >= 11 is 0. The summed E-state index contributed by atoms with van der Waals surface area (Å²) in [6, 6.07) is 1.97. The lowest BCUT2D eigenvalue weighted by atomic mass is 10.0. The molecule has 0 unspecified atom stereocenters. The first-order valence-corrected chi connectivity index (χ1v) is 7.54. The van der Waals surface area contributed by atoms with Gasteiger partial charge in [0.05, 0.1) is 12.3 Å². The van der Waals surface area contributed by atoms with Crippen molar-refractivity contribution in [3.05, 3.63) is 17.5 Å². The van der Waals surface area contributed by atoms with E-state index >= 15 is 0 Å². The van der Waals surface area contributed by atoms with Crippen molar-refractivity contribution in [1.29, 1.82) is 0 Å². The number of nitrogens with zero attached hydrogens (tertiary/aromatic N) is 1. The van der Waals surface area contributed by atoms with Gasteiger partial charge in [0, 0.05) is 25.8 Å². The summed E-state index contributed by atoms with van der Waals surface area (Å²) in [6.07, 6.45) is 2.20. The van der Waals surface area contributed by atoms with Gasteiger partial charge < -0.3 is 19.3 Å². The lowest BCUT2D eigenvalue weighted by molar-refractivity contribution is 0.0109. The van der Waals surface area contributed by atoms with E-state index in [0.29, 0.717) is 18.4 Å². The Morgan fingerprint density at radius 3 is 2.95 bits per heavy atom. The Kier molecular flexibility index (Phi) is 6.50. The van der Waals surface area contributed by atoms with Gasteiger partial charge in [-0.1, -0.05) is 19.0 Å². The number of aromatic nitrogens is 1. The fourth-order valence-corrected chi connectivity index (χ4v) is 2.24. The second-order valence-corrected chi connectivity index (χ2v) is 5.88. The van der Waals surface area contributed by atoms with E-state index < -0.39 is 0 Å². The average molecular weight is 282 g/mol. The van der Waals surface area contributed by atoms with E-state index in [-0.39, 0.29) is 0 Å². The van der Waals surface area contributed by atoms with Crippen molar-refractivity contribution in [2.75, 3.05) is 26.4 Å². The predicted molar refractivity (Wildman–Crippen MR) is 76.2 cm³/mol. The molecule has 0 saturated carbocycles. The van der Waals surface area contributed by atoms with Crippen LogP contribution in [0.15, 0.2) is 10.6 Å². The van der Waals surface area contributed by atoms with Crippen molar-refractivity contribution < 1.29 is 14.0 Å². The number of hydrogen-bond acceptors (Lipinski definition) is 5. The molecule has 0 bridgehead atoms. The SMILES string of the molecule is CC(C)CNCc1cc(COCC2CCOCC2)on1. The monoisotopic (exact) mass is 282 g/mol. The first kappa shape index (κ1) is 15.5. The largest absolute Gasteiger partial charge is 0.381 e. The smallest absolute Gasteiger partial charge is 0.162 e. The molecular formula is C15H26N2O3. The molecule has 1 aromatic rings. The van der Waals surface area contributed by atoms with Crippen LogP contribution in [-0.4, -0.2) is 31.5 Å². The zero-order valence-corrected chi connectivity index (χ0v) is 12.6. The highest BCUT2D eigenvalue weighted by Gasteiger charge is 2.14. The molecule has 5 nitrogen and oxygen atoms in total. The maximum atomic E-state index is 5.71. The molecule has 1 fully saturated rings. The molecule has 0 atom stereocenters. The molecule has 0 radical (unpaired) electrons. The minimum Gasteiger partial charge on any atom is -0.381 e. The van der Waals surface area contributed by atoms with Crippen LogP contribution in [0.5, 0.6) is 0 Å². The van der Waals surface area contributed by atoms with Crippen molar-refractivity contribution in [3.8, 4) is 0 Å². The summed E-state index contributed by atoms with van der Waals surface area (Å²) in [4.78, 5) is 0. The Hall–Kier alpha value is -0.910. The van der Waals surface area contributed by atoms with Crippen molar-refractivity contribution in [1.82, 2.24) is 10.5 Å². The Morgan fingerprint density at radius 1 is 1.40 bits per heavy atom. The highest BCUT2D eigenvalue weighted by atomic mass is 16.5. The van der Waals surface area contributed by atoms with Crippen molar-refractivity contribution in [3.63, 3.8) is 0 Å². The van der Waals surface area contributed by atoms with Crippen molar-refractivity contribution in [2.24, 2.45) is 11.8 Å². The van der Waals surface area contributed by atoms with Crippen molar-refractivity contribution in [2.45, 2.75) is 39.8 Å². The molecule has 1 aliphatic rings. The van der Waals surface area contributed by atoms with E-state index in [1.165, 1.54) is 0 Å². The minimum atomic E-state index is 0.508. The molecular weight excluding hydrogens is 256 g/mol. The molecule has 0 spiro atoms. The molecule has 20 heavy (non-hydrogen) atoms. The molecule has 0 aromatic carbocycles. The molecule has 5 heteroatoms. The van der Waals surface area contributed by atoms with E-state index in [2.05, 4.69) is 24.3 Å². The van der Waals surface area contributed by atoms with Gasteiger partial charge in [-0.05, 0) is 31.2 Å². The third-order valence-corrected chi connectivity index (χ3v) is 3.41. The molecule has 1 N–H and O–H groups in total. The third kappa shape index (κ3) is 5.61. The summed E-state index contributed by atoms with van der Waals surface area (Å²) in [7, 11) is 0. The Labute approximate surface area is 121 Å². The molecule has 0 amide bonds. The number of rotatable bonds is 8. The van der Waals surface area contributed by atoms with Gasteiger partial charge in [-0.25, -0.2) is 0 Å². The Balaban J connectivity index is 1.62. The van der Waals surface area contributed by atoms with Crippen LogP contribution in [0.1, 0.15) is 38.1 Å². The molecule has 2 heterocycles. The Bertz CT molecular complexity index is 373. The van der Waals surface area contributed by atoms with E-state index in [0.717, 1.165) is 57.2 Å². The number of nitrogens with one attached hydrogen (secondary N) is 1. The normalized spacial score (nSPS) is 16.9. The fraction of sp³-hybridized carbons (Fsp3) is 0.800. The topological polar surface area (TPSA) is 56.5 Å². The maximum Gasteiger partial charge on any atom is 0.162 e. The van der Waals surface area contributed by atoms with Gasteiger partial charge in [0.25, 0.3) is 0 Å². The van der Waals surface area contributed by atoms with Crippen molar-refractivity contribution >= 4 is 0 Å². The van der Waals surface area contributed by atoms with Gasteiger partial charge in [-0.3, -0.25) is 0 Å². The number of ether oxygens (including phenoxy) is 2. The van der Waals surface area contributed by atoms with E-state index in [9.17, 15) is 0 Å². The highest BCUT2D eigenvalue weighted by molar-refractivity contribution is 5.04. The Morgan fingerprint density at radius 2 is 2.20 bits per heavy atom. The van der Waals surface area contributed by atoms with Gasteiger partial charge in [0.1, 0.15) is 6.61 Å². The third-order valence-electron chi connectivity index (χ3n) is 3.41. The first-order valence-electron chi connectivity index (χ1n) is 7.54. The summed E-state index contributed by atoms with van der Waals surface area (Å²) in [5.74, 6) is 2.07. The van der Waals surface area contributed by atoms with Crippen LogP contribution < -0.4 is 5.32 Å². The van der Waals surface area contributed by atoms with Crippen LogP contribution in [0, 0.1) is 11.8 Å². The molecule has 2 rings (SSSR count). The van der Waals surface area contributed by atoms with Crippen LogP contribution in [0.2, 0.25) is 0 Å². The van der Waals surface area contributed by atoms with E-state index in [1.54, 1.807) is 0 Å². The standard InChI is InChI=1S/C15H26N2O3/c1-12(2)8-16-9-14-7-15(20-17-14)11-19-10-13-3-5-18-6-4-13/h7,12-13,16H,3-6,8-11H2,1-2H3. The summed E-state index contributed by atoms with van der Waals surface area (Å²) in [5.41, 5.74) is 0.940. The maximum absolute atomic E-state index is 5.71. The molecule has 0 aliphatic carbocycles. The second kappa shape index (κ2) is 8.39. The van der Waals surface area contributed by atoms with Gasteiger partial charge in [-0.2, -0.15) is 0 Å². The zero-order valence-electron chi connectivity index (χ0n) is 12.6. The molecule has 1 aromatic heterocycles. The first-order chi connectivity index (χ1) is 9.74. The quantitative estimate of drug-likeness (QED) is 0.793. The van der Waals surface area contributed by atoms with Gasteiger partial charge in [-0.15, -0.1) is 0 Å². The van der Waals surface area contributed by atoms with E-state index in [4.69, 9.17) is 14.0 Å². The van der Waals surface area contributed by atoms with Gasteiger partial charge in [0.15, 0.2) is 5.76 Å². The van der Waals surface area contributed by atoms with Crippen LogP contribution in [0.4, 0.5) is 0 Å². The molecule has 114 valence electrons. The summed E-state index contributed by atoms with van der Waals surface area (Å²) < 4.78 is 16.3. The van der Waals surface area contributed by atoms with Gasteiger partial charge in [0.2, 0.25) is 0 Å². The summed E-state index contributed by atoms with van der Waals surface area (Å²) in [6.45, 7) is 9.13. The highest BCUT2D eigenvalue weighted by Crippen LogP contribution is 2.15. The summed E-state index contributed by atoms with van der Waals surface area (Å²) in [5, 5.41) is 7.39. The van der Waals surface area contributed by atoms with Crippen LogP contribution in [0.25, 0.3) is 0 Å². The second-order valence-electron chi connectivity index (χ2n) is 5.88. The lowest BCUT2D eigenvalue weighted by Crippen LogP contribution is -2.20. The molecule has 1 saturated heterocycles.